The van der Waals surface area contributed by atoms with Crippen molar-refractivity contribution in [3.8, 4) is 17.0 Å². The number of nitrogens with zero attached hydrogens (tertiary/aromatic N) is 2. The van der Waals surface area contributed by atoms with Crippen LogP contribution in [0.1, 0.15) is 50.0 Å². The van der Waals surface area contributed by atoms with Gasteiger partial charge in [-0.25, -0.2) is 9.18 Å². The van der Waals surface area contributed by atoms with Crippen LogP contribution in [0.3, 0.4) is 0 Å². The van der Waals surface area contributed by atoms with E-state index in [0.717, 1.165) is 25.7 Å². The predicted octanol–water partition coefficient (Wildman–Crippen LogP) is 3.75. The number of hydrogen-bond acceptors (Lipinski definition) is 5. The van der Waals surface area contributed by atoms with Gasteiger partial charge >= 0.3 is 5.97 Å². The second-order valence-electron chi connectivity index (χ2n) is 5.29. The Hall–Kier alpha value is -2.44. The van der Waals surface area contributed by atoms with Crippen LogP contribution in [-0.2, 0) is 4.74 Å². The highest BCUT2D eigenvalue weighted by atomic mass is 19.1. The van der Waals surface area contributed by atoms with Crippen molar-refractivity contribution in [3.63, 3.8) is 0 Å². The molecular formula is C17H22FN3O3. The molecular weight excluding hydrogens is 313 g/mol. The molecule has 0 spiro atoms. The fraction of sp³-hybridized carbons (Fsp3) is 0.471. The molecule has 2 rings (SSSR count). The molecule has 2 aromatic rings. The number of nitrogens with one attached hydrogen (secondary N) is 1. The maximum atomic E-state index is 13.7. The summed E-state index contributed by atoms with van der Waals surface area (Å²) in [5, 5.41) is 10.2. The number of rotatable bonds is 9. The number of carbonyl (C=O) groups is 1. The number of H-pyrrole nitrogens is 1. The number of esters is 1. The molecule has 0 radical (unpaired) electrons. The monoisotopic (exact) mass is 335 g/mol. The van der Waals surface area contributed by atoms with Crippen molar-refractivity contribution in [2.45, 2.75) is 39.5 Å². The second-order valence-corrected chi connectivity index (χ2v) is 5.29. The molecule has 0 atom stereocenters. The van der Waals surface area contributed by atoms with Crippen LogP contribution in [0.2, 0.25) is 0 Å². The topological polar surface area (TPSA) is 77.1 Å². The lowest BCUT2D eigenvalue weighted by atomic mass is 10.1. The van der Waals surface area contributed by atoms with E-state index in [4.69, 9.17) is 9.47 Å². The Kier molecular flexibility index (Phi) is 6.72. The van der Waals surface area contributed by atoms with Crippen molar-refractivity contribution in [2.75, 3.05) is 13.2 Å². The zero-order valence-corrected chi connectivity index (χ0v) is 14.0. The van der Waals surface area contributed by atoms with E-state index in [1.165, 1.54) is 18.2 Å². The number of ether oxygens (including phenoxy) is 2. The maximum absolute atomic E-state index is 13.7. The van der Waals surface area contributed by atoms with Gasteiger partial charge in [0, 0.05) is 5.56 Å². The minimum atomic E-state index is -0.612. The number of aromatic amines is 1. The SMILES string of the molecule is CCCCCCOc1ccc(F)cc1-c1n[nH]nc1C(=O)OCC. The molecule has 1 heterocycles. The second kappa shape index (κ2) is 9.00. The third-order valence-electron chi connectivity index (χ3n) is 3.47. The highest BCUT2D eigenvalue weighted by Gasteiger charge is 2.22. The van der Waals surface area contributed by atoms with Crippen molar-refractivity contribution >= 4 is 5.97 Å². The molecule has 0 bridgehead atoms. The Bertz CT molecular complexity index is 673. The van der Waals surface area contributed by atoms with E-state index in [9.17, 15) is 9.18 Å². The summed E-state index contributed by atoms with van der Waals surface area (Å²) in [6, 6.07) is 4.13. The van der Waals surface area contributed by atoms with Crippen LogP contribution >= 0.6 is 0 Å². The molecule has 0 unspecified atom stereocenters. The highest BCUT2D eigenvalue weighted by Crippen LogP contribution is 2.31. The molecule has 130 valence electrons. The van der Waals surface area contributed by atoms with Gasteiger partial charge in [0.1, 0.15) is 17.3 Å². The van der Waals surface area contributed by atoms with Gasteiger partial charge in [-0.1, -0.05) is 26.2 Å². The van der Waals surface area contributed by atoms with Gasteiger partial charge in [-0.3, -0.25) is 0 Å². The lowest BCUT2D eigenvalue weighted by molar-refractivity contribution is 0.0520. The summed E-state index contributed by atoms with van der Waals surface area (Å²) in [7, 11) is 0. The first-order valence-electron chi connectivity index (χ1n) is 8.18. The lowest BCUT2D eigenvalue weighted by Gasteiger charge is -2.11. The molecule has 0 aliphatic heterocycles. The molecule has 0 amide bonds. The average Bonchev–Trinajstić information content (AvgIpc) is 3.05. The van der Waals surface area contributed by atoms with Crippen LogP contribution < -0.4 is 4.74 Å². The summed E-state index contributed by atoms with van der Waals surface area (Å²) in [5.41, 5.74) is 0.608. The Morgan fingerprint density at radius 2 is 2.04 bits per heavy atom. The summed E-state index contributed by atoms with van der Waals surface area (Å²) in [4.78, 5) is 11.9. The van der Waals surface area contributed by atoms with Crippen molar-refractivity contribution in [1.82, 2.24) is 15.4 Å². The van der Waals surface area contributed by atoms with Crippen molar-refractivity contribution < 1.29 is 18.7 Å². The molecule has 7 heteroatoms. The first-order valence-corrected chi connectivity index (χ1v) is 8.18. The van der Waals surface area contributed by atoms with Gasteiger partial charge in [0.05, 0.1) is 13.2 Å². The Morgan fingerprint density at radius 1 is 1.21 bits per heavy atom. The molecule has 0 aliphatic rings. The van der Waals surface area contributed by atoms with E-state index < -0.39 is 11.8 Å². The van der Waals surface area contributed by atoms with Gasteiger partial charge in [-0.05, 0) is 31.5 Å². The maximum Gasteiger partial charge on any atom is 0.361 e. The van der Waals surface area contributed by atoms with Gasteiger partial charge in [0.25, 0.3) is 0 Å². The summed E-state index contributed by atoms with van der Waals surface area (Å²) in [6.45, 7) is 4.57. The number of carbonyl (C=O) groups excluding carboxylic acids is 1. The summed E-state index contributed by atoms with van der Waals surface area (Å²) >= 11 is 0. The zero-order valence-electron chi connectivity index (χ0n) is 14.0. The average molecular weight is 335 g/mol. The number of unbranched alkanes of at least 4 members (excludes halogenated alkanes) is 3. The third-order valence-corrected chi connectivity index (χ3v) is 3.47. The van der Waals surface area contributed by atoms with Crippen molar-refractivity contribution in [3.05, 3.63) is 29.7 Å². The molecule has 1 aromatic heterocycles. The smallest absolute Gasteiger partial charge is 0.361 e. The first kappa shape index (κ1) is 17.9. The summed E-state index contributed by atoms with van der Waals surface area (Å²) in [6.07, 6.45) is 4.28. The predicted molar refractivity (Wildman–Crippen MR) is 87.4 cm³/mol. The summed E-state index contributed by atoms with van der Waals surface area (Å²) < 4.78 is 24.4. The normalized spacial score (nSPS) is 10.6. The molecule has 0 aliphatic carbocycles. The van der Waals surface area contributed by atoms with Crippen LogP contribution in [0.15, 0.2) is 18.2 Å². The fourth-order valence-corrected chi connectivity index (χ4v) is 2.28. The van der Waals surface area contributed by atoms with Gasteiger partial charge in [-0.15, -0.1) is 5.10 Å². The van der Waals surface area contributed by atoms with E-state index in [1.54, 1.807) is 6.92 Å². The molecule has 1 aromatic carbocycles. The molecule has 1 N–H and O–H groups in total. The third kappa shape index (κ3) is 4.53. The number of benzene rings is 1. The van der Waals surface area contributed by atoms with E-state index in [2.05, 4.69) is 22.3 Å². The first-order chi connectivity index (χ1) is 11.7. The standard InChI is InChI=1S/C17H22FN3O3/c1-3-5-6-7-10-24-14-9-8-12(18)11-13(14)15-16(20-21-19-15)17(22)23-4-2/h8-9,11H,3-7,10H2,1-2H3,(H,19,20,21). The van der Waals surface area contributed by atoms with E-state index in [-0.39, 0.29) is 18.0 Å². The van der Waals surface area contributed by atoms with Crippen LogP contribution in [0, 0.1) is 5.82 Å². The van der Waals surface area contributed by atoms with Gasteiger partial charge < -0.3 is 9.47 Å². The molecule has 0 fully saturated rings. The van der Waals surface area contributed by atoms with Crippen LogP contribution in [0.25, 0.3) is 11.3 Å². The molecule has 0 saturated carbocycles. The van der Waals surface area contributed by atoms with Crippen LogP contribution in [-0.4, -0.2) is 34.6 Å². The highest BCUT2D eigenvalue weighted by molar-refractivity contribution is 5.94. The van der Waals surface area contributed by atoms with Gasteiger partial charge in [0.2, 0.25) is 0 Å². The lowest BCUT2D eigenvalue weighted by Crippen LogP contribution is -2.07. The van der Waals surface area contributed by atoms with E-state index >= 15 is 0 Å². The number of aromatic nitrogens is 3. The molecule has 0 saturated heterocycles. The molecule has 24 heavy (non-hydrogen) atoms. The van der Waals surface area contributed by atoms with Gasteiger partial charge in [-0.2, -0.15) is 10.3 Å². The quantitative estimate of drug-likeness (QED) is 0.558. The van der Waals surface area contributed by atoms with E-state index in [1.807, 2.05) is 0 Å². The number of halogens is 1. The minimum absolute atomic E-state index is 0.0123. The van der Waals surface area contributed by atoms with Crippen LogP contribution in [0.4, 0.5) is 4.39 Å². The Labute approximate surface area is 140 Å². The zero-order chi connectivity index (χ0) is 17.4. The number of hydrogen-bond donors (Lipinski definition) is 1. The largest absolute Gasteiger partial charge is 0.493 e. The Morgan fingerprint density at radius 3 is 2.79 bits per heavy atom. The minimum Gasteiger partial charge on any atom is -0.493 e. The van der Waals surface area contributed by atoms with Crippen molar-refractivity contribution in [1.29, 1.82) is 0 Å². The van der Waals surface area contributed by atoms with Crippen molar-refractivity contribution in [2.24, 2.45) is 0 Å². The molecule has 6 nitrogen and oxygen atoms in total. The Balaban J connectivity index is 2.22. The summed E-state index contributed by atoms with van der Waals surface area (Å²) in [5.74, 6) is -0.590. The van der Waals surface area contributed by atoms with E-state index in [0.29, 0.717) is 17.9 Å². The van der Waals surface area contributed by atoms with Gasteiger partial charge in [0.15, 0.2) is 5.69 Å². The van der Waals surface area contributed by atoms with Crippen LogP contribution in [0.5, 0.6) is 5.75 Å². The fourth-order valence-electron chi connectivity index (χ4n) is 2.28.